The van der Waals surface area contributed by atoms with Crippen LogP contribution in [0.2, 0.25) is 0 Å². The number of hydrogen-bond acceptors (Lipinski definition) is 2. The molecule has 0 bridgehead atoms. The Bertz CT molecular complexity index is 390. The molecule has 20 heavy (non-hydrogen) atoms. The molecule has 0 amide bonds. The van der Waals surface area contributed by atoms with Crippen molar-refractivity contribution in [1.29, 1.82) is 0 Å². The topological polar surface area (TPSA) is 49.3 Å². The highest BCUT2D eigenvalue weighted by atomic mass is 127. The van der Waals surface area contributed by atoms with E-state index in [2.05, 4.69) is 27.5 Å². The molecule has 0 unspecified atom stereocenters. The molecule has 5 heteroatoms. The van der Waals surface area contributed by atoms with E-state index in [4.69, 9.17) is 0 Å². The summed E-state index contributed by atoms with van der Waals surface area (Å²) in [4.78, 5) is 8.82. The Balaban J connectivity index is 0.00000200. The highest BCUT2D eigenvalue weighted by Crippen LogP contribution is 2.33. The lowest BCUT2D eigenvalue weighted by Gasteiger charge is -2.10. The summed E-state index contributed by atoms with van der Waals surface area (Å²) in [5.74, 6) is 1.90. The maximum absolute atomic E-state index is 4.55. The Kier molecular flexibility index (Phi) is 8.57. The van der Waals surface area contributed by atoms with Gasteiger partial charge in [0.15, 0.2) is 5.96 Å². The highest BCUT2D eigenvalue weighted by Gasteiger charge is 2.19. The van der Waals surface area contributed by atoms with E-state index in [1.165, 1.54) is 25.7 Å². The van der Waals surface area contributed by atoms with E-state index in [-0.39, 0.29) is 24.0 Å². The first-order valence-corrected chi connectivity index (χ1v) is 7.30. The minimum atomic E-state index is 0. The van der Waals surface area contributed by atoms with Gasteiger partial charge in [-0.2, -0.15) is 0 Å². The van der Waals surface area contributed by atoms with Crippen molar-refractivity contribution < 1.29 is 0 Å². The number of guanidine groups is 1. The van der Waals surface area contributed by atoms with Gasteiger partial charge in [0.05, 0.1) is 12.2 Å². The fourth-order valence-corrected chi connectivity index (χ4v) is 2.00. The molecule has 1 fully saturated rings. The molecule has 4 nitrogen and oxygen atoms in total. The van der Waals surface area contributed by atoms with E-state index in [0.717, 1.165) is 30.7 Å². The Hall–Kier alpha value is -0.850. The molecular weight excluding hydrogens is 363 g/mol. The fourth-order valence-electron chi connectivity index (χ4n) is 2.00. The van der Waals surface area contributed by atoms with Crippen molar-refractivity contribution in [2.75, 3.05) is 13.1 Å². The van der Waals surface area contributed by atoms with E-state index in [1.807, 2.05) is 18.2 Å². The lowest BCUT2D eigenvalue weighted by Crippen LogP contribution is -2.37. The second-order valence-electron chi connectivity index (χ2n) is 5.03. The van der Waals surface area contributed by atoms with Gasteiger partial charge in [-0.15, -0.1) is 24.0 Å². The van der Waals surface area contributed by atoms with Gasteiger partial charge < -0.3 is 10.6 Å². The molecule has 0 spiro atoms. The summed E-state index contributed by atoms with van der Waals surface area (Å²) in [6.45, 7) is 4.60. The molecule has 0 radical (unpaired) electrons. The summed E-state index contributed by atoms with van der Waals surface area (Å²) >= 11 is 0. The smallest absolute Gasteiger partial charge is 0.191 e. The van der Waals surface area contributed by atoms with Gasteiger partial charge in [0, 0.05) is 19.3 Å². The van der Waals surface area contributed by atoms with Crippen LogP contribution in [0.4, 0.5) is 0 Å². The van der Waals surface area contributed by atoms with Crippen LogP contribution in [0.1, 0.15) is 38.3 Å². The van der Waals surface area contributed by atoms with Crippen LogP contribution >= 0.6 is 24.0 Å². The summed E-state index contributed by atoms with van der Waals surface area (Å²) in [6, 6.07) is 5.92. The van der Waals surface area contributed by atoms with Gasteiger partial charge in [0.25, 0.3) is 0 Å². The molecule has 0 saturated heterocycles. The van der Waals surface area contributed by atoms with E-state index < -0.39 is 0 Å². The number of nitrogens with zero attached hydrogens (tertiary/aromatic N) is 2. The number of aromatic nitrogens is 1. The van der Waals surface area contributed by atoms with E-state index in [1.54, 1.807) is 6.20 Å². The van der Waals surface area contributed by atoms with Gasteiger partial charge in [-0.05, 0) is 37.8 Å². The minimum absolute atomic E-state index is 0. The molecule has 0 aliphatic heterocycles. The Morgan fingerprint density at radius 3 is 2.85 bits per heavy atom. The number of halogens is 1. The summed E-state index contributed by atoms with van der Waals surface area (Å²) in [5.41, 5.74) is 0.998. The van der Waals surface area contributed by atoms with E-state index in [0.29, 0.717) is 6.54 Å². The van der Waals surface area contributed by atoms with Crippen LogP contribution in [0.25, 0.3) is 0 Å². The van der Waals surface area contributed by atoms with Crippen LogP contribution < -0.4 is 10.6 Å². The average molecular weight is 388 g/mol. The predicted octanol–water partition coefficient (Wildman–Crippen LogP) is 2.94. The van der Waals surface area contributed by atoms with Gasteiger partial charge >= 0.3 is 0 Å². The summed E-state index contributed by atoms with van der Waals surface area (Å²) in [6.07, 6.45) is 7.27. The second-order valence-corrected chi connectivity index (χ2v) is 5.03. The van der Waals surface area contributed by atoms with Gasteiger partial charge in [0.2, 0.25) is 0 Å². The molecule has 1 heterocycles. The number of aliphatic imine (C=N–C) groups is 1. The van der Waals surface area contributed by atoms with E-state index in [9.17, 15) is 0 Å². The first-order chi connectivity index (χ1) is 9.38. The van der Waals surface area contributed by atoms with Crippen LogP contribution in [0, 0.1) is 5.92 Å². The van der Waals surface area contributed by atoms with Crippen LogP contribution in [0.5, 0.6) is 0 Å². The largest absolute Gasteiger partial charge is 0.357 e. The lowest BCUT2D eigenvalue weighted by molar-refractivity contribution is 0.644. The molecule has 2 N–H and O–H groups in total. The maximum atomic E-state index is 4.55. The number of pyridine rings is 1. The molecule has 1 aliphatic carbocycles. The van der Waals surface area contributed by atoms with Gasteiger partial charge in [0.1, 0.15) is 0 Å². The summed E-state index contributed by atoms with van der Waals surface area (Å²) in [5, 5.41) is 6.65. The molecule has 0 aromatic carbocycles. The van der Waals surface area contributed by atoms with Crippen LogP contribution in [0.3, 0.4) is 0 Å². The van der Waals surface area contributed by atoms with Gasteiger partial charge in [-0.25, -0.2) is 4.99 Å². The summed E-state index contributed by atoms with van der Waals surface area (Å²) < 4.78 is 0. The Labute approximate surface area is 138 Å². The van der Waals surface area contributed by atoms with Crippen molar-refractivity contribution in [3.63, 3.8) is 0 Å². The van der Waals surface area contributed by atoms with Crippen LogP contribution in [-0.2, 0) is 6.54 Å². The van der Waals surface area contributed by atoms with Gasteiger partial charge in [-0.3, -0.25) is 4.98 Å². The molecular formula is C15H25IN4. The standard InChI is InChI=1S/C15H24N4.HI/c1-2-16-15(18-11-5-6-13-8-9-13)19-12-14-7-3-4-10-17-14;/h3-4,7,10,13H,2,5-6,8-9,11-12H2,1H3,(H2,16,18,19);1H. The van der Waals surface area contributed by atoms with Crippen molar-refractivity contribution in [2.24, 2.45) is 10.9 Å². The summed E-state index contributed by atoms with van der Waals surface area (Å²) in [7, 11) is 0. The van der Waals surface area contributed by atoms with Crippen molar-refractivity contribution in [2.45, 2.75) is 39.2 Å². The van der Waals surface area contributed by atoms with Gasteiger partial charge in [-0.1, -0.05) is 18.9 Å². The first kappa shape index (κ1) is 17.2. The monoisotopic (exact) mass is 388 g/mol. The van der Waals surface area contributed by atoms with E-state index >= 15 is 0 Å². The third-order valence-electron chi connectivity index (χ3n) is 3.25. The molecule has 0 atom stereocenters. The molecule has 1 aromatic heterocycles. The van der Waals surface area contributed by atoms with Crippen molar-refractivity contribution in [3.8, 4) is 0 Å². The fraction of sp³-hybridized carbons (Fsp3) is 0.600. The SMILES string of the molecule is CCNC(=NCc1ccccn1)NCCCC1CC1.I. The number of hydrogen-bond donors (Lipinski definition) is 2. The zero-order chi connectivity index (χ0) is 13.3. The normalized spacial score (nSPS) is 14.6. The molecule has 112 valence electrons. The van der Waals surface area contributed by atoms with Crippen LogP contribution in [0.15, 0.2) is 29.4 Å². The second kappa shape index (κ2) is 9.96. The third kappa shape index (κ3) is 7.07. The molecule has 2 rings (SSSR count). The molecule has 1 saturated carbocycles. The van der Waals surface area contributed by atoms with Crippen molar-refractivity contribution >= 4 is 29.9 Å². The lowest BCUT2D eigenvalue weighted by atomic mass is 10.2. The predicted molar refractivity (Wildman–Crippen MR) is 94.4 cm³/mol. The van der Waals surface area contributed by atoms with Crippen molar-refractivity contribution in [3.05, 3.63) is 30.1 Å². The highest BCUT2D eigenvalue weighted by molar-refractivity contribution is 14.0. The zero-order valence-corrected chi connectivity index (χ0v) is 14.5. The minimum Gasteiger partial charge on any atom is -0.357 e. The molecule has 1 aliphatic rings. The Morgan fingerprint density at radius 2 is 2.20 bits per heavy atom. The third-order valence-corrected chi connectivity index (χ3v) is 3.25. The maximum Gasteiger partial charge on any atom is 0.191 e. The molecule has 1 aromatic rings. The zero-order valence-electron chi connectivity index (χ0n) is 12.1. The average Bonchev–Trinajstić information content (AvgIpc) is 3.26. The first-order valence-electron chi connectivity index (χ1n) is 7.30. The number of rotatable bonds is 7. The quantitative estimate of drug-likeness (QED) is 0.327. The van der Waals surface area contributed by atoms with Crippen molar-refractivity contribution in [1.82, 2.24) is 15.6 Å². The Morgan fingerprint density at radius 1 is 1.35 bits per heavy atom. The number of nitrogens with one attached hydrogen (secondary N) is 2. The van der Waals surface area contributed by atoms with Crippen LogP contribution in [-0.4, -0.2) is 24.0 Å².